The lowest BCUT2D eigenvalue weighted by molar-refractivity contribution is 0.474. The number of rotatable bonds is 4. The summed E-state index contributed by atoms with van der Waals surface area (Å²) >= 11 is 0. The summed E-state index contributed by atoms with van der Waals surface area (Å²) in [6, 6.07) is 4.06. The van der Waals surface area contributed by atoms with Crippen molar-refractivity contribution in [2.45, 2.75) is 39.2 Å². The van der Waals surface area contributed by atoms with Gasteiger partial charge in [0, 0.05) is 38.4 Å². The molecule has 26 heavy (non-hydrogen) atoms. The van der Waals surface area contributed by atoms with Crippen LogP contribution in [0, 0.1) is 13.8 Å². The molecule has 3 aromatic heterocycles. The summed E-state index contributed by atoms with van der Waals surface area (Å²) in [5, 5.41) is 17.5. The molecule has 1 saturated heterocycles. The first kappa shape index (κ1) is 16.7. The van der Waals surface area contributed by atoms with Crippen LogP contribution in [0.3, 0.4) is 0 Å². The van der Waals surface area contributed by atoms with Crippen LogP contribution in [0.2, 0.25) is 0 Å². The van der Waals surface area contributed by atoms with Crippen molar-refractivity contribution in [2.24, 2.45) is 7.05 Å². The Morgan fingerprint density at radius 1 is 1.12 bits per heavy atom. The first-order chi connectivity index (χ1) is 12.6. The average Bonchev–Trinajstić information content (AvgIpc) is 3.22. The second-order valence-electron chi connectivity index (χ2n) is 6.95. The van der Waals surface area contributed by atoms with Crippen molar-refractivity contribution in [1.29, 1.82) is 0 Å². The highest BCUT2D eigenvalue weighted by Gasteiger charge is 2.26. The molecule has 0 saturated carbocycles. The van der Waals surface area contributed by atoms with Crippen LogP contribution < -0.4 is 4.90 Å². The molecule has 4 rings (SSSR count). The van der Waals surface area contributed by atoms with E-state index in [9.17, 15) is 0 Å². The van der Waals surface area contributed by atoms with Gasteiger partial charge in [0.1, 0.15) is 11.6 Å². The smallest absolute Gasteiger partial charge is 0.152 e. The number of hydrogen-bond donors (Lipinski definition) is 0. The summed E-state index contributed by atoms with van der Waals surface area (Å²) in [6.07, 6.45) is 6.02. The minimum Gasteiger partial charge on any atom is -0.354 e. The molecule has 136 valence electrons. The molecule has 8 heteroatoms. The second kappa shape index (κ2) is 6.86. The van der Waals surface area contributed by atoms with Gasteiger partial charge in [-0.2, -0.15) is 5.10 Å². The van der Waals surface area contributed by atoms with Gasteiger partial charge in [0.15, 0.2) is 11.6 Å². The summed E-state index contributed by atoms with van der Waals surface area (Å²) in [7, 11) is 2.06. The molecule has 0 amide bonds. The molecule has 1 aliphatic rings. The maximum absolute atomic E-state index is 4.51. The van der Waals surface area contributed by atoms with Crippen LogP contribution in [0.5, 0.6) is 0 Å². The highest BCUT2D eigenvalue weighted by molar-refractivity contribution is 5.38. The monoisotopic (exact) mass is 352 g/mol. The van der Waals surface area contributed by atoms with E-state index in [-0.39, 0.29) is 0 Å². The van der Waals surface area contributed by atoms with Gasteiger partial charge in [-0.15, -0.1) is 15.3 Å². The van der Waals surface area contributed by atoms with E-state index in [2.05, 4.69) is 52.5 Å². The molecular weight excluding hydrogens is 328 g/mol. The van der Waals surface area contributed by atoms with Crippen molar-refractivity contribution in [3.05, 3.63) is 47.7 Å². The molecule has 0 radical (unpaired) electrons. The summed E-state index contributed by atoms with van der Waals surface area (Å²) < 4.78 is 4.22. The van der Waals surface area contributed by atoms with Gasteiger partial charge < -0.3 is 14.0 Å². The molecule has 1 atom stereocenters. The minimum absolute atomic E-state index is 0.349. The van der Waals surface area contributed by atoms with E-state index in [4.69, 9.17) is 0 Å². The fourth-order valence-corrected chi connectivity index (χ4v) is 3.55. The molecule has 0 bridgehead atoms. The molecule has 0 aromatic carbocycles. The molecule has 3 aromatic rings. The molecule has 0 N–H and O–H groups in total. The highest BCUT2D eigenvalue weighted by Crippen LogP contribution is 2.28. The number of aromatic nitrogens is 7. The van der Waals surface area contributed by atoms with Gasteiger partial charge in [-0.3, -0.25) is 0 Å². The van der Waals surface area contributed by atoms with Crippen molar-refractivity contribution in [2.75, 3.05) is 18.0 Å². The Morgan fingerprint density at radius 2 is 2.00 bits per heavy atom. The van der Waals surface area contributed by atoms with Crippen LogP contribution in [0.25, 0.3) is 0 Å². The zero-order valence-electron chi connectivity index (χ0n) is 15.5. The molecule has 0 aliphatic carbocycles. The molecule has 1 aliphatic heterocycles. The first-order valence-corrected chi connectivity index (χ1v) is 9.03. The van der Waals surface area contributed by atoms with E-state index in [1.54, 1.807) is 0 Å². The lowest BCUT2D eigenvalue weighted by Gasteiger charge is -2.32. The standard InChI is InChI=1S/C18H24N8/c1-13-6-7-16(21-20-13)26-9-4-5-15(11-26)18-23-22-17(24(18)3)12-25-10-8-19-14(25)2/h6-8,10,15H,4-5,9,11-12H2,1-3H3. The number of nitrogens with zero attached hydrogens (tertiary/aromatic N) is 8. The normalized spacial score (nSPS) is 17.7. The quantitative estimate of drug-likeness (QED) is 0.713. The van der Waals surface area contributed by atoms with E-state index in [0.717, 1.165) is 54.9 Å². The lowest BCUT2D eigenvalue weighted by Crippen LogP contribution is -2.36. The maximum Gasteiger partial charge on any atom is 0.152 e. The van der Waals surface area contributed by atoms with Gasteiger partial charge in [0.25, 0.3) is 0 Å². The maximum atomic E-state index is 4.51. The molecule has 8 nitrogen and oxygen atoms in total. The molecule has 4 heterocycles. The number of piperidine rings is 1. The van der Waals surface area contributed by atoms with Crippen molar-refractivity contribution in [3.8, 4) is 0 Å². The average molecular weight is 352 g/mol. The van der Waals surface area contributed by atoms with Gasteiger partial charge in [-0.05, 0) is 38.8 Å². The van der Waals surface area contributed by atoms with Gasteiger partial charge in [-0.1, -0.05) is 0 Å². The minimum atomic E-state index is 0.349. The van der Waals surface area contributed by atoms with Crippen molar-refractivity contribution in [3.63, 3.8) is 0 Å². The summed E-state index contributed by atoms with van der Waals surface area (Å²) in [5.41, 5.74) is 0.940. The fourth-order valence-electron chi connectivity index (χ4n) is 3.55. The Hall–Kier alpha value is -2.77. The zero-order valence-corrected chi connectivity index (χ0v) is 15.5. The second-order valence-corrected chi connectivity index (χ2v) is 6.95. The van der Waals surface area contributed by atoms with Crippen molar-refractivity contribution < 1.29 is 0 Å². The predicted molar refractivity (Wildman–Crippen MR) is 98.0 cm³/mol. The van der Waals surface area contributed by atoms with E-state index in [1.807, 2.05) is 32.3 Å². The van der Waals surface area contributed by atoms with Crippen molar-refractivity contribution >= 4 is 5.82 Å². The SMILES string of the molecule is Cc1ccc(N2CCCC(c3nnc(Cn4ccnc4C)n3C)C2)nn1. The topological polar surface area (TPSA) is 77.5 Å². The van der Waals surface area contributed by atoms with E-state index in [1.165, 1.54) is 0 Å². The summed E-state index contributed by atoms with van der Waals surface area (Å²) in [4.78, 5) is 6.58. The van der Waals surface area contributed by atoms with Crippen molar-refractivity contribution in [1.82, 2.24) is 34.5 Å². The molecule has 1 fully saturated rings. The number of anilines is 1. The number of hydrogen-bond acceptors (Lipinski definition) is 6. The Bertz CT molecular complexity index is 879. The number of aryl methyl sites for hydroxylation is 2. The Morgan fingerprint density at radius 3 is 2.73 bits per heavy atom. The number of imidazole rings is 1. The largest absolute Gasteiger partial charge is 0.354 e. The van der Waals surface area contributed by atoms with Gasteiger partial charge in [-0.25, -0.2) is 4.98 Å². The third kappa shape index (κ3) is 3.18. The summed E-state index contributed by atoms with van der Waals surface area (Å²) in [5.74, 6) is 4.27. The van der Waals surface area contributed by atoms with Gasteiger partial charge in [0.2, 0.25) is 0 Å². The zero-order chi connectivity index (χ0) is 18.1. The van der Waals surface area contributed by atoms with E-state index >= 15 is 0 Å². The van der Waals surface area contributed by atoms with E-state index < -0.39 is 0 Å². The summed E-state index contributed by atoms with van der Waals surface area (Å²) in [6.45, 7) is 6.55. The van der Waals surface area contributed by atoms with Gasteiger partial charge >= 0.3 is 0 Å². The Labute approximate surface area is 152 Å². The van der Waals surface area contributed by atoms with Crippen LogP contribution in [0.4, 0.5) is 5.82 Å². The van der Waals surface area contributed by atoms with Crippen LogP contribution in [0.1, 0.15) is 41.9 Å². The Balaban J connectivity index is 1.52. The molecular formula is C18H24N8. The first-order valence-electron chi connectivity index (χ1n) is 9.03. The van der Waals surface area contributed by atoms with Crippen LogP contribution >= 0.6 is 0 Å². The predicted octanol–water partition coefficient (Wildman–Crippen LogP) is 1.85. The molecule has 0 spiro atoms. The van der Waals surface area contributed by atoms with E-state index in [0.29, 0.717) is 12.5 Å². The third-order valence-corrected chi connectivity index (χ3v) is 5.13. The lowest BCUT2D eigenvalue weighted by atomic mass is 9.97. The molecule has 1 unspecified atom stereocenters. The van der Waals surface area contributed by atoms with Gasteiger partial charge in [0.05, 0.1) is 12.2 Å². The third-order valence-electron chi connectivity index (χ3n) is 5.13. The van der Waals surface area contributed by atoms with Crippen LogP contribution in [0.15, 0.2) is 24.5 Å². The fraction of sp³-hybridized carbons (Fsp3) is 0.500. The highest BCUT2D eigenvalue weighted by atomic mass is 15.3. The van der Waals surface area contributed by atoms with Crippen LogP contribution in [-0.2, 0) is 13.6 Å². The van der Waals surface area contributed by atoms with Crippen LogP contribution in [-0.4, -0.2) is 47.6 Å². The Kier molecular flexibility index (Phi) is 4.40.